The molecule has 0 unspecified atom stereocenters. The standard InChI is InChI=1S/C14H21NOS/c1-16-13-7-4-8-14(11-13)17-10-9-15-12-5-2-3-6-12/h4,7-8,11-12,15H,2-3,5-6,9-10H2,1H3. The fourth-order valence-electron chi connectivity index (χ4n) is 2.25. The number of hydrogen-bond acceptors (Lipinski definition) is 3. The van der Waals surface area contributed by atoms with E-state index in [0.29, 0.717) is 0 Å². The van der Waals surface area contributed by atoms with Crippen LogP contribution in [0.1, 0.15) is 25.7 Å². The van der Waals surface area contributed by atoms with Crippen LogP contribution in [0.25, 0.3) is 0 Å². The van der Waals surface area contributed by atoms with Gasteiger partial charge in [-0.15, -0.1) is 11.8 Å². The first-order valence-corrected chi connectivity index (χ1v) is 7.37. The van der Waals surface area contributed by atoms with Crippen LogP contribution in [0, 0.1) is 0 Å². The molecule has 0 bridgehead atoms. The number of methoxy groups -OCH3 is 1. The molecule has 1 aromatic carbocycles. The molecule has 17 heavy (non-hydrogen) atoms. The number of thioether (sulfide) groups is 1. The minimum atomic E-state index is 0.779. The molecule has 3 heteroatoms. The van der Waals surface area contributed by atoms with E-state index in [2.05, 4.69) is 17.4 Å². The molecule has 0 atom stereocenters. The average molecular weight is 251 g/mol. The van der Waals surface area contributed by atoms with Gasteiger partial charge in [0.25, 0.3) is 0 Å². The molecule has 0 saturated heterocycles. The molecule has 1 fully saturated rings. The highest BCUT2D eigenvalue weighted by Gasteiger charge is 2.13. The molecule has 1 aliphatic carbocycles. The molecular formula is C14H21NOS. The van der Waals surface area contributed by atoms with Crippen molar-refractivity contribution in [3.63, 3.8) is 0 Å². The van der Waals surface area contributed by atoms with Crippen LogP contribution < -0.4 is 10.1 Å². The van der Waals surface area contributed by atoms with Crippen molar-refractivity contribution in [2.45, 2.75) is 36.6 Å². The van der Waals surface area contributed by atoms with Crippen molar-refractivity contribution < 1.29 is 4.74 Å². The third-order valence-electron chi connectivity index (χ3n) is 3.20. The molecule has 1 saturated carbocycles. The van der Waals surface area contributed by atoms with E-state index >= 15 is 0 Å². The molecule has 0 aliphatic heterocycles. The van der Waals surface area contributed by atoms with Gasteiger partial charge in [-0.2, -0.15) is 0 Å². The summed E-state index contributed by atoms with van der Waals surface area (Å²) in [7, 11) is 1.71. The number of ether oxygens (including phenoxy) is 1. The number of benzene rings is 1. The Kier molecular flexibility index (Phi) is 5.20. The molecule has 0 amide bonds. The van der Waals surface area contributed by atoms with Gasteiger partial charge in [-0.05, 0) is 31.0 Å². The van der Waals surface area contributed by atoms with Crippen LogP contribution in [0.3, 0.4) is 0 Å². The van der Waals surface area contributed by atoms with Gasteiger partial charge < -0.3 is 10.1 Å². The van der Waals surface area contributed by atoms with Gasteiger partial charge in [0.15, 0.2) is 0 Å². The third kappa shape index (κ3) is 4.25. The van der Waals surface area contributed by atoms with Gasteiger partial charge in [-0.25, -0.2) is 0 Å². The predicted octanol–water partition coefficient (Wildman–Crippen LogP) is 3.32. The highest BCUT2D eigenvalue weighted by Crippen LogP contribution is 2.22. The molecule has 1 N–H and O–H groups in total. The monoisotopic (exact) mass is 251 g/mol. The Hall–Kier alpha value is -0.670. The van der Waals surface area contributed by atoms with Crippen molar-refractivity contribution in [1.29, 1.82) is 0 Å². The zero-order valence-electron chi connectivity index (χ0n) is 10.4. The van der Waals surface area contributed by atoms with Crippen molar-refractivity contribution >= 4 is 11.8 Å². The summed E-state index contributed by atoms with van der Waals surface area (Å²) >= 11 is 1.89. The van der Waals surface area contributed by atoms with Crippen LogP contribution >= 0.6 is 11.8 Å². The Morgan fingerprint density at radius 1 is 1.35 bits per heavy atom. The summed E-state index contributed by atoms with van der Waals surface area (Å²) in [6.07, 6.45) is 5.54. The first-order chi connectivity index (χ1) is 8.38. The summed E-state index contributed by atoms with van der Waals surface area (Å²) < 4.78 is 5.21. The number of nitrogens with one attached hydrogen (secondary N) is 1. The fraction of sp³-hybridized carbons (Fsp3) is 0.571. The molecule has 2 nitrogen and oxygen atoms in total. The molecule has 0 aromatic heterocycles. The van der Waals surface area contributed by atoms with E-state index < -0.39 is 0 Å². The van der Waals surface area contributed by atoms with Crippen molar-refractivity contribution in [3.8, 4) is 5.75 Å². The second-order valence-corrected chi connectivity index (χ2v) is 5.63. The lowest BCUT2D eigenvalue weighted by Crippen LogP contribution is -2.27. The summed E-state index contributed by atoms with van der Waals surface area (Å²) in [6.45, 7) is 1.10. The zero-order chi connectivity index (χ0) is 11.9. The molecule has 1 aliphatic rings. The Bertz CT molecular complexity index is 337. The Balaban J connectivity index is 1.66. The lowest BCUT2D eigenvalue weighted by Gasteiger charge is -2.11. The van der Waals surface area contributed by atoms with Crippen LogP contribution in [-0.2, 0) is 0 Å². The first-order valence-electron chi connectivity index (χ1n) is 6.39. The van der Waals surface area contributed by atoms with Crippen LogP contribution in [0.4, 0.5) is 0 Å². The third-order valence-corrected chi connectivity index (χ3v) is 4.20. The molecular weight excluding hydrogens is 230 g/mol. The predicted molar refractivity (Wildman–Crippen MR) is 74.0 cm³/mol. The number of hydrogen-bond donors (Lipinski definition) is 1. The normalized spacial score (nSPS) is 16.3. The van der Waals surface area contributed by atoms with Crippen LogP contribution in [0.5, 0.6) is 5.75 Å². The Labute approximate surface area is 108 Å². The van der Waals surface area contributed by atoms with Crippen molar-refractivity contribution in [2.75, 3.05) is 19.4 Å². The van der Waals surface area contributed by atoms with Crippen molar-refractivity contribution in [2.24, 2.45) is 0 Å². The zero-order valence-corrected chi connectivity index (χ0v) is 11.3. The Morgan fingerprint density at radius 3 is 2.94 bits per heavy atom. The minimum absolute atomic E-state index is 0.779. The van der Waals surface area contributed by atoms with E-state index in [1.165, 1.54) is 30.6 Å². The maximum absolute atomic E-state index is 5.21. The quantitative estimate of drug-likeness (QED) is 0.619. The SMILES string of the molecule is COc1cccc(SCCNC2CCCC2)c1. The van der Waals surface area contributed by atoms with Crippen molar-refractivity contribution in [3.05, 3.63) is 24.3 Å². The van der Waals surface area contributed by atoms with Crippen LogP contribution in [0.2, 0.25) is 0 Å². The average Bonchev–Trinajstić information content (AvgIpc) is 2.88. The van der Waals surface area contributed by atoms with Crippen LogP contribution in [-0.4, -0.2) is 25.4 Å². The maximum Gasteiger partial charge on any atom is 0.119 e. The molecule has 0 radical (unpaired) electrons. The van der Waals surface area contributed by atoms with E-state index in [1.54, 1.807) is 7.11 Å². The minimum Gasteiger partial charge on any atom is -0.497 e. The van der Waals surface area contributed by atoms with Gasteiger partial charge >= 0.3 is 0 Å². The summed E-state index contributed by atoms with van der Waals surface area (Å²) in [5.74, 6) is 2.07. The van der Waals surface area contributed by atoms with E-state index in [1.807, 2.05) is 23.9 Å². The fourth-order valence-corrected chi connectivity index (χ4v) is 3.08. The molecule has 2 rings (SSSR count). The van der Waals surface area contributed by atoms with E-state index in [9.17, 15) is 0 Å². The summed E-state index contributed by atoms with van der Waals surface area (Å²) in [5.41, 5.74) is 0. The first kappa shape index (κ1) is 12.8. The molecule has 94 valence electrons. The smallest absolute Gasteiger partial charge is 0.119 e. The summed E-state index contributed by atoms with van der Waals surface area (Å²) in [5, 5.41) is 3.63. The highest BCUT2D eigenvalue weighted by atomic mass is 32.2. The van der Waals surface area contributed by atoms with Gasteiger partial charge in [0, 0.05) is 23.2 Å². The van der Waals surface area contributed by atoms with Crippen molar-refractivity contribution in [1.82, 2.24) is 5.32 Å². The largest absolute Gasteiger partial charge is 0.497 e. The molecule has 1 aromatic rings. The summed E-state index contributed by atoms with van der Waals surface area (Å²) in [4.78, 5) is 1.29. The van der Waals surface area contributed by atoms with E-state index in [4.69, 9.17) is 4.74 Å². The lowest BCUT2D eigenvalue weighted by molar-refractivity contribution is 0.413. The summed E-state index contributed by atoms with van der Waals surface area (Å²) in [6, 6.07) is 9.05. The molecule has 0 spiro atoms. The van der Waals surface area contributed by atoms with E-state index in [0.717, 1.165) is 24.1 Å². The van der Waals surface area contributed by atoms with Gasteiger partial charge in [-0.1, -0.05) is 18.9 Å². The maximum atomic E-state index is 5.21. The number of rotatable bonds is 6. The van der Waals surface area contributed by atoms with Crippen LogP contribution in [0.15, 0.2) is 29.2 Å². The molecule has 0 heterocycles. The second kappa shape index (κ2) is 6.92. The second-order valence-electron chi connectivity index (χ2n) is 4.46. The van der Waals surface area contributed by atoms with Gasteiger partial charge in [0.2, 0.25) is 0 Å². The topological polar surface area (TPSA) is 21.3 Å². The van der Waals surface area contributed by atoms with Gasteiger partial charge in [0.05, 0.1) is 7.11 Å². The van der Waals surface area contributed by atoms with Gasteiger partial charge in [-0.3, -0.25) is 0 Å². The Morgan fingerprint density at radius 2 is 2.18 bits per heavy atom. The highest BCUT2D eigenvalue weighted by molar-refractivity contribution is 7.99. The van der Waals surface area contributed by atoms with Gasteiger partial charge in [0.1, 0.15) is 5.75 Å². The lowest BCUT2D eigenvalue weighted by atomic mass is 10.2. The van der Waals surface area contributed by atoms with E-state index in [-0.39, 0.29) is 0 Å².